The second kappa shape index (κ2) is 7.61. The van der Waals surface area contributed by atoms with E-state index >= 15 is 0 Å². The van der Waals surface area contributed by atoms with Crippen molar-refractivity contribution in [1.82, 2.24) is 10.2 Å². The van der Waals surface area contributed by atoms with Gasteiger partial charge in [-0.2, -0.15) is 18.3 Å². The molecule has 0 amide bonds. The van der Waals surface area contributed by atoms with Crippen molar-refractivity contribution in [2.75, 3.05) is 0 Å². The van der Waals surface area contributed by atoms with E-state index in [0.29, 0.717) is 11.3 Å². The summed E-state index contributed by atoms with van der Waals surface area (Å²) in [5.74, 6) is 0. The molecule has 0 fully saturated rings. The minimum absolute atomic E-state index is 0.294. The van der Waals surface area contributed by atoms with Crippen molar-refractivity contribution in [3.63, 3.8) is 0 Å². The van der Waals surface area contributed by atoms with E-state index in [-0.39, 0.29) is 0 Å². The number of hydrogen-bond acceptors (Lipinski definition) is 1. The zero-order chi connectivity index (χ0) is 19.6. The minimum Gasteiger partial charge on any atom is -0.273 e. The Morgan fingerprint density at radius 3 is 1.79 bits per heavy atom. The van der Waals surface area contributed by atoms with Gasteiger partial charge >= 0.3 is 6.18 Å². The van der Waals surface area contributed by atoms with E-state index in [1.807, 2.05) is 60.7 Å². The molecule has 0 saturated carbocycles. The highest BCUT2D eigenvalue weighted by Gasteiger charge is 2.33. The van der Waals surface area contributed by atoms with Crippen molar-refractivity contribution < 1.29 is 13.2 Å². The van der Waals surface area contributed by atoms with E-state index in [1.165, 1.54) is 0 Å². The highest BCUT2D eigenvalue weighted by Crippen LogP contribution is 2.37. The quantitative estimate of drug-likeness (QED) is 0.491. The Morgan fingerprint density at radius 2 is 1.25 bits per heavy atom. The number of nitrogens with zero attached hydrogens (tertiary/aromatic N) is 1. The van der Waals surface area contributed by atoms with Crippen LogP contribution in [0.15, 0.2) is 91.0 Å². The zero-order valence-electron chi connectivity index (χ0n) is 14.7. The molecular formula is C22H16F3N2P. The summed E-state index contributed by atoms with van der Waals surface area (Å²) in [6.07, 6.45) is -4.45. The van der Waals surface area contributed by atoms with E-state index in [4.69, 9.17) is 0 Å². The number of benzene rings is 3. The summed E-state index contributed by atoms with van der Waals surface area (Å²) in [6, 6.07) is 28.7. The molecule has 0 atom stereocenters. The van der Waals surface area contributed by atoms with Gasteiger partial charge in [-0.15, -0.1) is 0 Å². The first-order valence-corrected chi connectivity index (χ1v) is 10.0. The third kappa shape index (κ3) is 3.71. The monoisotopic (exact) mass is 396 g/mol. The van der Waals surface area contributed by atoms with Gasteiger partial charge < -0.3 is 0 Å². The third-order valence-corrected chi connectivity index (χ3v) is 6.83. The van der Waals surface area contributed by atoms with Gasteiger partial charge in [-0.25, -0.2) is 0 Å². The van der Waals surface area contributed by atoms with Crippen LogP contribution in [0.5, 0.6) is 0 Å². The summed E-state index contributed by atoms with van der Waals surface area (Å²) in [5, 5.41) is 9.29. The van der Waals surface area contributed by atoms with Gasteiger partial charge in [0.2, 0.25) is 0 Å². The smallest absolute Gasteiger partial charge is 0.273 e. The molecule has 1 aromatic heterocycles. The number of rotatable bonds is 4. The summed E-state index contributed by atoms with van der Waals surface area (Å²) in [6.45, 7) is 0. The van der Waals surface area contributed by atoms with Crippen LogP contribution in [-0.2, 0) is 6.18 Å². The molecular weight excluding hydrogens is 380 g/mol. The Labute approximate surface area is 161 Å². The molecule has 4 rings (SSSR count). The van der Waals surface area contributed by atoms with Gasteiger partial charge in [0.05, 0.1) is 5.69 Å². The van der Waals surface area contributed by atoms with Gasteiger partial charge in [0.25, 0.3) is 0 Å². The highest BCUT2D eigenvalue weighted by atomic mass is 31.1. The molecule has 0 radical (unpaired) electrons. The maximum atomic E-state index is 13.0. The van der Waals surface area contributed by atoms with Crippen LogP contribution in [0.1, 0.15) is 5.69 Å². The maximum Gasteiger partial charge on any atom is 0.432 e. The van der Waals surface area contributed by atoms with Crippen molar-refractivity contribution >= 4 is 23.8 Å². The lowest BCUT2D eigenvalue weighted by molar-refractivity contribution is -0.141. The molecule has 2 nitrogen and oxygen atoms in total. The molecule has 0 aliphatic rings. The van der Waals surface area contributed by atoms with Gasteiger partial charge in [-0.1, -0.05) is 84.9 Å². The van der Waals surface area contributed by atoms with Crippen molar-refractivity contribution in [3.05, 3.63) is 96.7 Å². The first-order valence-electron chi connectivity index (χ1n) is 8.66. The molecule has 140 valence electrons. The molecule has 1 N–H and O–H groups in total. The summed E-state index contributed by atoms with van der Waals surface area (Å²) < 4.78 is 39.1. The Kier molecular flexibility index (Phi) is 5.01. The fourth-order valence-electron chi connectivity index (χ4n) is 3.07. The topological polar surface area (TPSA) is 28.7 Å². The van der Waals surface area contributed by atoms with Crippen LogP contribution in [0.2, 0.25) is 0 Å². The van der Waals surface area contributed by atoms with E-state index in [9.17, 15) is 13.2 Å². The molecule has 0 bridgehead atoms. The highest BCUT2D eigenvalue weighted by molar-refractivity contribution is 7.80. The second-order valence-corrected chi connectivity index (χ2v) is 8.37. The van der Waals surface area contributed by atoms with Crippen LogP contribution < -0.4 is 15.9 Å². The fourth-order valence-corrected chi connectivity index (χ4v) is 5.53. The lowest BCUT2D eigenvalue weighted by Gasteiger charge is -2.21. The van der Waals surface area contributed by atoms with Gasteiger partial charge in [0, 0.05) is 5.56 Å². The van der Waals surface area contributed by atoms with Gasteiger partial charge in [-0.3, -0.25) is 5.10 Å². The molecule has 0 aliphatic carbocycles. The minimum atomic E-state index is -4.45. The van der Waals surface area contributed by atoms with Crippen LogP contribution in [0.25, 0.3) is 11.3 Å². The van der Waals surface area contributed by atoms with Crippen LogP contribution in [0.4, 0.5) is 13.2 Å². The number of nitrogens with one attached hydrogen (secondary N) is 1. The van der Waals surface area contributed by atoms with Gasteiger partial charge in [0.1, 0.15) is 5.69 Å². The molecule has 4 aromatic rings. The molecule has 3 aromatic carbocycles. The number of aromatic amines is 1. The van der Waals surface area contributed by atoms with Crippen molar-refractivity contribution in [1.29, 1.82) is 0 Å². The fraction of sp³-hybridized carbons (Fsp3) is 0.0455. The largest absolute Gasteiger partial charge is 0.432 e. The molecule has 1 heterocycles. The lowest BCUT2D eigenvalue weighted by Crippen LogP contribution is -2.22. The van der Waals surface area contributed by atoms with Gasteiger partial charge in [-0.05, 0) is 29.9 Å². The van der Waals surface area contributed by atoms with Crippen LogP contribution >= 0.6 is 7.92 Å². The van der Waals surface area contributed by atoms with E-state index in [1.54, 1.807) is 0 Å². The molecule has 6 heteroatoms. The van der Waals surface area contributed by atoms with Crippen molar-refractivity contribution in [2.45, 2.75) is 6.18 Å². The number of aromatic nitrogens is 2. The predicted molar refractivity (Wildman–Crippen MR) is 108 cm³/mol. The summed E-state index contributed by atoms with van der Waals surface area (Å²) >= 11 is 0. The van der Waals surface area contributed by atoms with Crippen LogP contribution in [0, 0.1) is 0 Å². The molecule has 0 unspecified atom stereocenters. The Balaban J connectivity index is 1.88. The van der Waals surface area contributed by atoms with Crippen molar-refractivity contribution in [2.24, 2.45) is 0 Å². The first-order chi connectivity index (χ1) is 13.5. The third-order valence-electron chi connectivity index (χ3n) is 4.33. The van der Waals surface area contributed by atoms with E-state index in [2.05, 4.69) is 34.5 Å². The molecule has 0 saturated heterocycles. The molecule has 0 spiro atoms. The average molecular weight is 396 g/mol. The summed E-state index contributed by atoms with van der Waals surface area (Å²) in [5.41, 5.74) is 0.149. The summed E-state index contributed by atoms with van der Waals surface area (Å²) in [7, 11) is -0.944. The lowest BCUT2D eigenvalue weighted by atomic mass is 10.1. The summed E-state index contributed by atoms with van der Waals surface area (Å²) in [4.78, 5) is 0. The Hall–Kier alpha value is -2.91. The second-order valence-electron chi connectivity index (χ2n) is 6.19. The number of halogens is 3. The average Bonchev–Trinajstić information content (AvgIpc) is 3.21. The number of H-pyrrole nitrogens is 1. The van der Waals surface area contributed by atoms with Crippen LogP contribution in [-0.4, -0.2) is 10.2 Å². The first kappa shape index (κ1) is 18.5. The predicted octanol–water partition coefficient (Wildman–Crippen LogP) is 4.85. The van der Waals surface area contributed by atoms with Crippen molar-refractivity contribution in [3.8, 4) is 11.3 Å². The Bertz CT molecular complexity index is 1020. The van der Waals surface area contributed by atoms with E-state index < -0.39 is 19.8 Å². The normalized spacial score (nSPS) is 11.7. The standard InChI is InChI=1S/C22H16F3N2P/c23-22(24,25)21-15-19(26-27-21)18-13-7-8-14-20(18)28(16-9-3-1-4-10-16)17-11-5-2-6-12-17/h1-15H,(H,26,27). The molecule has 28 heavy (non-hydrogen) atoms. The molecule has 0 aliphatic heterocycles. The zero-order valence-corrected chi connectivity index (χ0v) is 15.6. The Morgan fingerprint density at radius 1 is 0.714 bits per heavy atom. The number of hydrogen-bond donors (Lipinski definition) is 1. The number of alkyl halides is 3. The van der Waals surface area contributed by atoms with Crippen LogP contribution in [0.3, 0.4) is 0 Å². The SMILES string of the molecule is FC(F)(F)c1cc(-c2ccccc2P(c2ccccc2)c2ccccc2)n[nH]1. The van der Waals surface area contributed by atoms with E-state index in [0.717, 1.165) is 22.0 Å². The van der Waals surface area contributed by atoms with Gasteiger partial charge in [0.15, 0.2) is 0 Å². The maximum absolute atomic E-state index is 13.0.